The van der Waals surface area contributed by atoms with Crippen LogP contribution in [0.3, 0.4) is 0 Å². The van der Waals surface area contributed by atoms with Gasteiger partial charge in [0.25, 0.3) is 0 Å². The van der Waals surface area contributed by atoms with Crippen molar-refractivity contribution in [2.75, 3.05) is 25.0 Å². The molecule has 1 aliphatic carbocycles. The Balaban J connectivity index is 1.83. The highest BCUT2D eigenvalue weighted by Gasteiger charge is 2.24. The first-order chi connectivity index (χ1) is 9.21. The van der Waals surface area contributed by atoms with Crippen molar-refractivity contribution in [1.29, 1.82) is 5.26 Å². The van der Waals surface area contributed by atoms with Crippen molar-refractivity contribution in [3.05, 3.63) is 29.8 Å². The van der Waals surface area contributed by atoms with Gasteiger partial charge >= 0.3 is 0 Å². The van der Waals surface area contributed by atoms with Gasteiger partial charge in [-0.1, -0.05) is 6.92 Å². The molecule has 0 unspecified atom stereocenters. The monoisotopic (exact) mass is 257 g/mol. The summed E-state index contributed by atoms with van der Waals surface area (Å²) in [5.41, 5.74) is 1.34. The maximum atomic E-state index is 11.9. The summed E-state index contributed by atoms with van der Waals surface area (Å²) in [5.74, 6) is 0.801. The normalized spacial score (nSPS) is 14.2. The quantitative estimate of drug-likeness (QED) is 0.850. The second-order valence-electron chi connectivity index (χ2n) is 5.01. The predicted molar refractivity (Wildman–Crippen MR) is 74.6 cm³/mol. The van der Waals surface area contributed by atoms with Crippen LogP contribution in [0.5, 0.6) is 0 Å². The summed E-state index contributed by atoms with van der Waals surface area (Å²) >= 11 is 0. The number of nitrogens with one attached hydrogen (secondary N) is 1. The Kier molecular flexibility index (Phi) is 4.53. The van der Waals surface area contributed by atoms with Crippen LogP contribution in [0.4, 0.5) is 5.69 Å². The highest BCUT2D eigenvalue weighted by atomic mass is 16.2. The van der Waals surface area contributed by atoms with Crippen LogP contribution in [-0.2, 0) is 4.79 Å². The van der Waals surface area contributed by atoms with Crippen molar-refractivity contribution >= 4 is 11.6 Å². The molecular weight excluding hydrogens is 238 g/mol. The maximum absolute atomic E-state index is 11.9. The van der Waals surface area contributed by atoms with Crippen LogP contribution < -0.4 is 5.32 Å². The summed E-state index contributed by atoms with van der Waals surface area (Å²) < 4.78 is 0. The van der Waals surface area contributed by atoms with Crippen LogP contribution in [0, 0.1) is 17.2 Å². The second kappa shape index (κ2) is 6.35. The highest BCUT2D eigenvalue weighted by Crippen LogP contribution is 2.29. The molecular formula is C15H19N3O. The first kappa shape index (κ1) is 13.6. The van der Waals surface area contributed by atoms with E-state index in [4.69, 9.17) is 5.26 Å². The van der Waals surface area contributed by atoms with Gasteiger partial charge in [0.2, 0.25) is 5.91 Å². The van der Waals surface area contributed by atoms with Gasteiger partial charge in [-0.3, -0.25) is 9.69 Å². The minimum atomic E-state index is 0.00667. The lowest BCUT2D eigenvalue weighted by molar-refractivity contribution is -0.117. The molecule has 1 N–H and O–H groups in total. The summed E-state index contributed by atoms with van der Waals surface area (Å²) in [6, 6.07) is 8.98. The van der Waals surface area contributed by atoms with Gasteiger partial charge in [0, 0.05) is 12.2 Å². The number of benzene rings is 1. The van der Waals surface area contributed by atoms with Gasteiger partial charge in [-0.25, -0.2) is 0 Å². The van der Waals surface area contributed by atoms with Crippen LogP contribution in [0.1, 0.15) is 25.3 Å². The lowest BCUT2D eigenvalue weighted by atomic mass is 10.2. The van der Waals surface area contributed by atoms with Gasteiger partial charge < -0.3 is 5.32 Å². The number of hydrogen-bond donors (Lipinski definition) is 1. The highest BCUT2D eigenvalue weighted by molar-refractivity contribution is 5.92. The number of anilines is 1. The molecule has 4 nitrogen and oxygen atoms in total. The molecule has 4 heteroatoms. The van der Waals surface area contributed by atoms with Crippen molar-refractivity contribution in [2.24, 2.45) is 5.92 Å². The summed E-state index contributed by atoms with van der Waals surface area (Å²) in [6.07, 6.45) is 2.60. The minimum absolute atomic E-state index is 0.00667. The largest absolute Gasteiger partial charge is 0.325 e. The summed E-state index contributed by atoms with van der Waals surface area (Å²) in [5, 5.41) is 11.6. The van der Waals surface area contributed by atoms with E-state index in [-0.39, 0.29) is 5.91 Å². The van der Waals surface area contributed by atoms with Crippen molar-refractivity contribution < 1.29 is 4.79 Å². The first-order valence-corrected chi connectivity index (χ1v) is 6.73. The van der Waals surface area contributed by atoms with E-state index in [0.717, 1.165) is 24.7 Å². The summed E-state index contributed by atoms with van der Waals surface area (Å²) in [4.78, 5) is 14.1. The standard InChI is InChI=1S/C15H19N3O/c1-2-18(10-13-3-4-13)11-15(19)17-14-7-5-12(9-16)6-8-14/h5-8,13H,2-4,10-11H2,1H3,(H,17,19). The van der Waals surface area contributed by atoms with E-state index in [1.54, 1.807) is 24.3 Å². The van der Waals surface area contributed by atoms with Gasteiger partial charge in [-0.15, -0.1) is 0 Å². The van der Waals surface area contributed by atoms with Crippen molar-refractivity contribution in [2.45, 2.75) is 19.8 Å². The van der Waals surface area contributed by atoms with E-state index >= 15 is 0 Å². The molecule has 1 amide bonds. The third-order valence-electron chi connectivity index (χ3n) is 3.33. The number of nitriles is 1. The zero-order valence-electron chi connectivity index (χ0n) is 11.2. The number of amides is 1. The molecule has 0 aliphatic heterocycles. The average Bonchev–Trinajstić information content (AvgIpc) is 3.22. The SMILES string of the molecule is CCN(CC(=O)Nc1ccc(C#N)cc1)CC1CC1. The minimum Gasteiger partial charge on any atom is -0.325 e. The van der Waals surface area contributed by atoms with Crippen molar-refractivity contribution in [3.8, 4) is 6.07 Å². The third-order valence-corrected chi connectivity index (χ3v) is 3.33. The van der Waals surface area contributed by atoms with Crippen LogP contribution in [0.25, 0.3) is 0 Å². The fourth-order valence-corrected chi connectivity index (χ4v) is 2.00. The zero-order valence-corrected chi connectivity index (χ0v) is 11.2. The van der Waals surface area contributed by atoms with Gasteiger partial charge in [0.15, 0.2) is 0 Å². The number of carbonyl (C=O) groups is 1. The molecule has 100 valence electrons. The second-order valence-corrected chi connectivity index (χ2v) is 5.01. The average molecular weight is 257 g/mol. The predicted octanol–water partition coefficient (Wildman–Crippen LogP) is 2.23. The van der Waals surface area contributed by atoms with Crippen LogP contribution in [-0.4, -0.2) is 30.4 Å². The number of hydrogen-bond acceptors (Lipinski definition) is 3. The molecule has 19 heavy (non-hydrogen) atoms. The smallest absolute Gasteiger partial charge is 0.238 e. The van der Waals surface area contributed by atoms with E-state index in [2.05, 4.69) is 23.2 Å². The topological polar surface area (TPSA) is 56.1 Å². The summed E-state index contributed by atoms with van der Waals surface area (Å²) in [7, 11) is 0. The lowest BCUT2D eigenvalue weighted by Gasteiger charge is -2.19. The number of nitrogens with zero attached hydrogens (tertiary/aromatic N) is 2. The Labute approximate surface area is 114 Å². The van der Waals surface area contributed by atoms with Gasteiger partial charge in [-0.2, -0.15) is 5.26 Å². The van der Waals surface area contributed by atoms with E-state index in [1.165, 1.54) is 12.8 Å². The molecule has 1 saturated carbocycles. The van der Waals surface area contributed by atoms with Crippen molar-refractivity contribution in [3.63, 3.8) is 0 Å². The maximum Gasteiger partial charge on any atom is 0.238 e. The van der Waals surface area contributed by atoms with Crippen molar-refractivity contribution in [1.82, 2.24) is 4.90 Å². The van der Waals surface area contributed by atoms with E-state index < -0.39 is 0 Å². The van der Waals surface area contributed by atoms with Gasteiger partial charge in [0.1, 0.15) is 0 Å². The third kappa shape index (κ3) is 4.38. The van der Waals surface area contributed by atoms with Crippen LogP contribution >= 0.6 is 0 Å². The van der Waals surface area contributed by atoms with Crippen LogP contribution in [0.2, 0.25) is 0 Å². The Bertz CT molecular complexity index is 471. The molecule has 1 aromatic rings. The Morgan fingerprint density at radius 1 is 1.42 bits per heavy atom. The number of likely N-dealkylation sites (N-methyl/N-ethyl adjacent to an activating group) is 1. The molecule has 0 aromatic heterocycles. The zero-order chi connectivity index (χ0) is 13.7. The number of rotatable bonds is 6. The fourth-order valence-electron chi connectivity index (χ4n) is 2.00. The molecule has 0 radical (unpaired) electrons. The molecule has 1 fully saturated rings. The summed E-state index contributed by atoms with van der Waals surface area (Å²) in [6.45, 7) is 4.44. The molecule has 1 aliphatic rings. The molecule has 0 atom stereocenters. The molecule has 2 rings (SSSR count). The van der Waals surface area contributed by atoms with E-state index in [0.29, 0.717) is 12.1 Å². The molecule has 0 bridgehead atoms. The molecule has 0 spiro atoms. The lowest BCUT2D eigenvalue weighted by Crippen LogP contribution is -2.34. The molecule has 1 aromatic carbocycles. The van der Waals surface area contributed by atoms with E-state index in [1.807, 2.05) is 0 Å². The molecule has 0 heterocycles. The first-order valence-electron chi connectivity index (χ1n) is 6.73. The fraction of sp³-hybridized carbons (Fsp3) is 0.467. The van der Waals surface area contributed by atoms with Crippen LogP contribution in [0.15, 0.2) is 24.3 Å². The Morgan fingerprint density at radius 2 is 2.11 bits per heavy atom. The van der Waals surface area contributed by atoms with Gasteiger partial charge in [0.05, 0.1) is 18.2 Å². The Hall–Kier alpha value is -1.86. The van der Waals surface area contributed by atoms with E-state index in [9.17, 15) is 4.79 Å². The van der Waals surface area contributed by atoms with Gasteiger partial charge in [-0.05, 0) is 49.6 Å². The Morgan fingerprint density at radius 3 is 2.63 bits per heavy atom. The molecule has 0 saturated heterocycles. The number of carbonyl (C=O) groups excluding carboxylic acids is 1.